The summed E-state index contributed by atoms with van der Waals surface area (Å²) in [6.45, 7) is 3.00. The number of ether oxygens (including phenoxy) is 3. The molecule has 2 aliphatic rings. The molecule has 0 aromatic heterocycles. The second-order valence-corrected chi connectivity index (χ2v) is 5.03. The van der Waals surface area contributed by atoms with Crippen LogP contribution in [-0.4, -0.2) is 37.9 Å². The fourth-order valence-corrected chi connectivity index (χ4v) is 3.07. The predicted molar refractivity (Wildman–Crippen MR) is 62.9 cm³/mol. The van der Waals surface area contributed by atoms with Gasteiger partial charge in [-0.1, -0.05) is 13.3 Å². The van der Waals surface area contributed by atoms with Gasteiger partial charge in [0.15, 0.2) is 11.6 Å². The number of esters is 1. The van der Waals surface area contributed by atoms with Crippen LogP contribution in [0.15, 0.2) is 0 Å². The van der Waals surface area contributed by atoms with Gasteiger partial charge in [-0.05, 0) is 6.42 Å². The highest BCUT2D eigenvalue weighted by molar-refractivity contribution is 6.04. The Hall–Kier alpha value is -0.940. The van der Waals surface area contributed by atoms with Gasteiger partial charge >= 0.3 is 5.97 Å². The Bertz CT molecular complexity index is 335. The maximum atomic E-state index is 12.2. The molecular weight excluding hydrogens is 236 g/mol. The van der Waals surface area contributed by atoms with E-state index in [-0.39, 0.29) is 5.78 Å². The van der Waals surface area contributed by atoms with Gasteiger partial charge in [0.05, 0.1) is 20.3 Å². The maximum Gasteiger partial charge on any atom is 0.319 e. The summed E-state index contributed by atoms with van der Waals surface area (Å²) in [5.41, 5.74) is -1.08. The molecule has 1 aliphatic heterocycles. The van der Waals surface area contributed by atoms with Crippen LogP contribution in [0.5, 0.6) is 0 Å². The SMILES string of the molecule is CCCC1(C(=O)OC)CC2(CCC1=O)OCCO2. The third kappa shape index (κ3) is 2.06. The molecule has 1 heterocycles. The Balaban J connectivity index is 2.29. The second kappa shape index (κ2) is 4.97. The molecular formula is C13H20O5. The first-order chi connectivity index (χ1) is 8.58. The Morgan fingerprint density at radius 1 is 1.39 bits per heavy atom. The standard InChI is InChI=1S/C13H20O5/c1-3-5-12(11(15)16-2)9-13(6-4-10(12)14)17-7-8-18-13/h3-9H2,1-2H3. The van der Waals surface area contributed by atoms with Crippen molar-refractivity contribution in [3.63, 3.8) is 0 Å². The fourth-order valence-electron chi connectivity index (χ4n) is 3.07. The van der Waals surface area contributed by atoms with E-state index in [4.69, 9.17) is 14.2 Å². The summed E-state index contributed by atoms with van der Waals surface area (Å²) in [7, 11) is 1.32. The van der Waals surface area contributed by atoms with Crippen LogP contribution in [0.3, 0.4) is 0 Å². The largest absolute Gasteiger partial charge is 0.468 e. The van der Waals surface area contributed by atoms with E-state index in [1.807, 2.05) is 6.92 Å². The van der Waals surface area contributed by atoms with E-state index in [1.54, 1.807) is 0 Å². The summed E-state index contributed by atoms with van der Waals surface area (Å²) in [4.78, 5) is 24.3. The molecule has 5 nitrogen and oxygen atoms in total. The van der Waals surface area contributed by atoms with Crippen molar-refractivity contribution in [2.45, 2.75) is 44.8 Å². The van der Waals surface area contributed by atoms with Gasteiger partial charge in [-0.3, -0.25) is 9.59 Å². The van der Waals surface area contributed by atoms with Gasteiger partial charge in [0.1, 0.15) is 5.41 Å². The number of hydrogen-bond donors (Lipinski definition) is 0. The molecule has 1 unspecified atom stereocenters. The Kier molecular flexibility index (Phi) is 3.73. The van der Waals surface area contributed by atoms with Gasteiger partial charge in [-0.25, -0.2) is 0 Å². The summed E-state index contributed by atoms with van der Waals surface area (Å²) in [6, 6.07) is 0. The van der Waals surface area contributed by atoms with Crippen LogP contribution >= 0.6 is 0 Å². The minimum Gasteiger partial charge on any atom is -0.468 e. The Morgan fingerprint density at radius 2 is 2.06 bits per heavy atom. The van der Waals surface area contributed by atoms with Crippen molar-refractivity contribution in [3.8, 4) is 0 Å². The van der Waals surface area contributed by atoms with Crippen LogP contribution in [0.1, 0.15) is 39.0 Å². The summed E-state index contributed by atoms with van der Waals surface area (Å²) in [6.07, 6.45) is 2.38. The lowest BCUT2D eigenvalue weighted by Gasteiger charge is -2.41. The summed E-state index contributed by atoms with van der Waals surface area (Å²) in [5, 5.41) is 0. The van der Waals surface area contributed by atoms with Gasteiger partial charge in [0, 0.05) is 19.3 Å². The van der Waals surface area contributed by atoms with Crippen molar-refractivity contribution < 1.29 is 23.8 Å². The van der Waals surface area contributed by atoms with Crippen LogP contribution in [0, 0.1) is 5.41 Å². The molecule has 2 fully saturated rings. The maximum absolute atomic E-state index is 12.2. The van der Waals surface area contributed by atoms with Crippen LogP contribution in [0.25, 0.3) is 0 Å². The molecule has 5 heteroatoms. The monoisotopic (exact) mass is 256 g/mol. The zero-order valence-electron chi connectivity index (χ0n) is 11.0. The number of carbonyl (C=O) groups is 2. The summed E-state index contributed by atoms with van der Waals surface area (Å²) in [5.74, 6) is -1.24. The Morgan fingerprint density at radius 3 is 2.61 bits per heavy atom. The van der Waals surface area contributed by atoms with Crippen molar-refractivity contribution >= 4 is 11.8 Å². The highest BCUT2D eigenvalue weighted by Gasteiger charge is 2.57. The lowest BCUT2D eigenvalue weighted by molar-refractivity contribution is -0.209. The number of rotatable bonds is 3. The van der Waals surface area contributed by atoms with Gasteiger partial charge in [-0.2, -0.15) is 0 Å². The van der Waals surface area contributed by atoms with E-state index in [2.05, 4.69) is 0 Å². The number of Topliss-reactive ketones (excluding diaryl/α,β-unsaturated/α-hetero) is 1. The van der Waals surface area contributed by atoms with Gasteiger partial charge in [-0.15, -0.1) is 0 Å². The first-order valence-electron chi connectivity index (χ1n) is 6.48. The van der Waals surface area contributed by atoms with E-state index in [0.29, 0.717) is 38.9 Å². The summed E-state index contributed by atoms with van der Waals surface area (Å²) < 4.78 is 16.1. The van der Waals surface area contributed by atoms with Gasteiger partial charge in [0.2, 0.25) is 0 Å². The molecule has 0 bridgehead atoms. The van der Waals surface area contributed by atoms with Crippen molar-refractivity contribution in [1.29, 1.82) is 0 Å². The van der Waals surface area contributed by atoms with Crippen molar-refractivity contribution in [1.82, 2.24) is 0 Å². The third-order valence-electron chi connectivity index (χ3n) is 3.90. The van der Waals surface area contributed by atoms with Crippen molar-refractivity contribution in [2.75, 3.05) is 20.3 Å². The van der Waals surface area contributed by atoms with E-state index in [9.17, 15) is 9.59 Å². The molecule has 1 atom stereocenters. The average molecular weight is 256 g/mol. The third-order valence-corrected chi connectivity index (χ3v) is 3.90. The Labute approximate surface area is 107 Å². The number of carbonyl (C=O) groups excluding carboxylic acids is 2. The molecule has 0 amide bonds. The lowest BCUT2D eigenvalue weighted by Crippen LogP contribution is -2.52. The lowest BCUT2D eigenvalue weighted by atomic mass is 9.68. The van der Waals surface area contributed by atoms with Crippen LogP contribution in [0.4, 0.5) is 0 Å². The molecule has 2 rings (SSSR count). The molecule has 1 spiro atoms. The quantitative estimate of drug-likeness (QED) is 0.565. The number of hydrogen-bond acceptors (Lipinski definition) is 5. The highest BCUT2D eigenvalue weighted by atomic mass is 16.7. The fraction of sp³-hybridized carbons (Fsp3) is 0.846. The van der Waals surface area contributed by atoms with E-state index in [0.717, 1.165) is 6.42 Å². The number of ketones is 1. The molecule has 0 radical (unpaired) electrons. The van der Waals surface area contributed by atoms with Crippen molar-refractivity contribution in [2.24, 2.45) is 5.41 Å². The van der Waals surface area contributed by atoms with E-state index in [1.165, 1.54) is 7.11 Å². The molecule has 0 aromatic rings. The zero-order chi connectivity index (χ0) is 13.2. The molecule has 0 aromatic carbocycles. The molecule has 1 saturated heterocycles. The molecule has 1 saturated carbocycles. The van der Waals surface area contributed by atoms with Gasteiger partial charge in [0.25, 0.3) is 0 Å². The topological polar surface area (TPSA) is 61.8 Å². The zero-order valence-corrected chi connectivity index (χ0v) is 11.0. The minimum atomic E-state index is -1.08. The minimum absolute atomic E-state index is 0.0408. The second-order valence-electron chi connectivity index (χ2n) is 5.03. The average Bonchev–Trinajstić information content (AvgIpc) is 2.82. The molecule has 1 aliphatic carbocycles. The van der Waals surface area contributed by atoms with Crippen LogP contribution in [-0.2, 0) is 23.8 Å². The van der Waals surface area contributed by atoms with Crippen molar-refractivity contribution in [3.05, 3.63) is 0 Å². The highest BCUT2D eigenvalue weighted by Crippen LogP contribution is 2.46. The summed E-state index contributed by atoms with van der Waals surface area (Å²) >= 11 is 0. The normalized spacial score (nSPS) is 30.7. The number of methoxy groups -OCH3 is 1. The molecule has 102 valence electrons. The van der Waals surface area contributed by atoms with E-state index >= 15 is 0 Å². The first kappa shape index (κ1) is 13.5. The van der Waals surface area contributed by atoms with Gasteiger partial charge < -0.3 is 14.2 Å². The first-order valence-corrected chi connectivity index (χ1v) is 6.48. The van der Waals surface area contributed by atoms with Crippen LogP contribution < -0.4 is 0 Å². The smallest absolute Gasteiger partial charge is 0.319 e. The van der Waals surface area contributed by atoms with Crippen LogP contribution in [0.2, 0.25) is 0 Å². The van der Waals surface area contributed by atoms with E-state index < -0.39 is 17.2 Å². The molecule has 0 N–H and O–H groups in total. The predicted octanol–water partition coefficient (Wildman–Crippen LogP) is 1.44. The molecule has 18 heavy (non-hydrogen) atoms.